The van der Waals surface area contributed by atoms with Crippen LogP contribution in [0.25, 0.3) is 0 Å². The van der Waals surface area contributed by atoms with Crippen molar-refractivity contribution >= 4 is 24.1 Å². The van der Waals surface area contributed by atoms with Crippen LogP contribution in [0.15, 0.2) is 4.99 Å². The highest BCUT2D eigenvalue weighted by molar-refractivity contribution is 6.23. The quantitative estimate of drug-likeness (QED) is 0.291. The zero-order valence-corrected chi connectivity index (χ0v) is 11.2. The molecule has 8 nitrogen and oxygen atoms in total. The summed E-state index contributed by atoms with van der Waals surface area (Å²) in [6, 6.07) is -0.777. The van der Waals surface area contributed by atoms with Crippen molar-refractivity contribution in [3.8, 4) is 0 Å². The number of quaternary nitrogens is 1. The Hall–Kier alpha value is -1.80. The van der Waals surface area contributed by atoms with Crippen LogP contribution in [0.1, 0.15) is 6.42 Å². The second-order valence-corrected chi connectivity index (χ2v) is 4.81. The molecule has 0 aromatic carbocycles. The molecule has 0 bridgehead atoms. The maximum atomic E-state index is 11.4. The van der Waals surface area contributed by atoms with Crippen LogP contribution < -0.4 is 15.5 Å². The Labute approximate surface area is 116 Å². The summed E-state index contributed by atoms with van der Waals surface area (Å²) in [4.78, 5) is 39.3. The van der Waals surface area contributed by atoms with Gasteiger partial charge in [-0.2, -0.15) is 0 Å². The Kier molecular flexibility index (Phi) is 5.19. The molecule has 2 fully saturated rings. The van der Waals surface area contributed by atoms with E-state index >= 15 is 0 Å². The second-order valence-electron chi connectivity index (χ2n) is 4.81. The number of imide groups is 2. The van der Waals surface area contributed by atoms with Crippen LogP contribution in [0.4, 0.5) is 4.79 Å². The summed E-state index contributed by atoms with van der Waals surface area (Å²) in [5.41, 5.74) is 0. The van der Waals surface area contributed by atoms with E-state index in [1.807, 2.05) is 10.6 Å². The van der Waals surface area contributed by atoms with E-state index in [4.69, 9.17) is 4.74 Å². The molecule has 8 heteroatoms. The average molecular weight is 283 g/mol. The largest absolute Gasteiger partial charge is 0.370 e. The Balaban J connectivity index is 1.68. The van der Waals surface area contributed by atoms with Crippen molar-refractivity contribution in [2.75, 3.05) is 39.4 Å². The number of ether oxygens (including phenoxy) is 1. The van der Waals surface area contributed by atoms with E-state index in [0.29, 0.717) is 6.54 Å². The minimum atomic E-state index is -1.01. The lowest BCUT2D eigenvalue weighted by Crippen LogP contribution is -3.14. The van der Waals surface area contributed by atoms with Crippen LogP contribution >= 0.6 is 0 Å². The van der Waals surface area contributed by atoms with Gasteiger partial charge in [-0.25, -0.2) is 4.79 Å². The van der Waals surface area contributed by atoms with Crippen LogP contribution in [-0.2, 0) is 14.3 Å². The van der Waals surface area contributed by atoms with E-state index in [1.165, 1.54) is 11.1 Å². The monoisotopic (exact) mass is 283 g/mol. The maximum Gasteiger partial charge on any atom is 0.328 e. The Morgan fingerprint density at radius 3 is 2.50 bits per heavy atom. The van der Waals surface area contributed by atoms with Crippen molar-refractivity contribution in [1.29, 1.82) is 0 Å². The first-order chi connectivity index (χ1) is 9.66. The minimum absolute atomic E-state index is 0.565. The molecule has 0 atom stereocenters. The van der Waals surface area contributed by atoms with E-state index < -0.39 is 23.8 Å². The van der Waals surface area contributed by atoms with Gasteiger partial charge in [0.25, 0.3) is 0 Å². The third kappa shape index (κ3) is 4.10. The topological polar surface area (TPSA) is 101 Å². The molecule has 2 aliphatic rings. The molecule has 2 rings (SSSR count). The van der Waals surface area contributed by atoms with Crippen LogP contribution in [0, 0.1) is 5.92 Å². The van der Waals surface area contributed by atoms with Crippen LogP contribution in [0.3, 0.4) is 0 Å². The molecular weight excluding hydrogens is 264 g/mol. The lowest BCUT2D eigenvalue weighted by Gasteiger charge is -2.23. The highest BCUT2D eigenvalue weighted by atomic mass is 16.5. The normalized spacial score (nSPS) is 22.1. The van der Waals surface area contributed by atoms with Gasteiger partial charge in [0.15, 0.2) is 5.92 Å². The summed E-state index contributed by atoms with van der Waals surface area (Å²) in [7, 11) is 0. The van der Waals surface area contributed by atoms with E-state index in [1.54, 1.807) is 0 Å². The van der Waals surface area contributed by atoms with E-state index in [9.17, 15) is 14.4 Å². The van der Waals surface area contributed by atoms with Gasteiger partial charge in [-0.05, 0) is 0 Å². The van der Waals surface area contributed by atoms with Crippen molar-refractivity contribution in [2.24, 2.45) is 10.9 Å². The summed E-state index contributed by atoms with van der Waals surface area (Å²) in [5, 5.41) is 4.07. The smallest absolute Gasteiger partial charge is 0.328 e. The van der Waals surface area contributed by atoms with Crippen molar-refractivity contribution in [3.63, 3.8) is 0 Å². The van der Waals surface area contributed by atoms with Gasteiger partial charge < -0.3 is 9.64 Å². The number of hydrogen-bond acceptors (Lipinski definition) is 5. The van der Waals surface area contributed by atoms with E-state index in [2.05, 4.69) is 4.99 Å². The molecule has 2 heterocycles. The lowest BCUT2D eigenvalue weighted by molar-refractivity contribution is -0.908. The van der Waals surface area contributed by atoms with Gasteiger partial charge in [0.2, 0.25) is 11.8 Å². The molecule has 20 heavy (non-hydrogen) atoms. The van der Waals surface area contributed by atoms with Gasteiger partial charge >= 0.3 is 6.03 Å². The molecule has 0 spiro atoms. The van der Waals surface area contributed by atoms with Gasteiger partial charge in [-0.15, -0.1) is 0 Å². The maximum absolute atomic E-state index is 11.4. The molecule has 110 valence electrons. The van der Waals surface area contributed by atoms with Crippen molar-refractivity contribution in [3.05, 3.63) is 0 Å². The second kappa shape index (κ2) is 7.11. The summed E-state index contributed by atoms with van der Waals surface area (Å²) in [6.07, 6.45) is 2.20. The van der Waals surface area contributed by atoms with Gasteiger partial charge in [0.1, 0.15) is 13.1 Å². The minimum Gasteiger partial charge on any atom is -0.370 e. The molecule has 0 saturated carbocycles. The number of carbonyl (C=O) groups excluding carboxylic acids is 3. The summed E-state index contributed by atoms with van der Waals surface area (Å²) < 4.78 is 5.27. The molecular formula is C12H19N4O4+. The fourth-order valence-electron chi connectivity index (χ4n) is 2.18. The van der Waals surface area contributed by atoms with Gasteiger partial charge in [-0.3, -0.25) is 25.2 Å². The van der Waals surface area contributed by atoms with Gasteiger partial charge in [-0.1, -0.05) is 0 Å². The van der Waals surface area contributed by atoms with E-state index in [-0.39, 0.29) is 0 Å². The summed E-state index contributed by atoms with van der Waals surface area (Å²) in [6.45, 7) is 5.19. The van der Waals surface area contributed by atoms with Crippen LogP contribution in [0.2, 0.25) is 0 Å². The number of nitrogens with one attached hydrogen (secondary N) is 3. The molecule has 3 N–H and O–H groups in total. The number of hydrogen-bond donors (Lipinski definition) is 3. The standard InChI is InChI=1S/C12H18N4O4/c17-10-9(11(18)15-12(19)14-10)8-13-2-1-3-16-4-6-20-7-5-16/h8-9H,1-7H2,(H2,14,15,17,18,19)/p+1. The zero-order valence-electron chi connectivity index (χ0n) is 11.2. The predicted octanol–water partition coefficient (Wildman–Crippen LogP) is -2.66. The first kappa shape index (κ1) is 14.6. The molecule has 0 aromatic rings. The number of amides is 4. The first-order valence-electron chi connectivity index (χ1n) is 6.74. The summed E-state index contributed by atoms with van der Waals surface area (Å²) >= 11 is 0. The zero-order chi connectivity index (χ0) is 14.4. The first-order valence-corrected chi connectivity index (χ1v) is 6.74. The third-order valence-corrected chi connectivity index (χ3v) is 3.31. The van der Waals surface area contributed by atoms with Gasteiger partial charge in [0.05, 0.1) is 19.8 Å². The number of aliphatic imine (C=N–C) groups is 1. The molecule has 0 aromatic heterocycles. The van der Waals surface area contributed by atoms with E-state index in [0.717, 1.165) is 39.3 Å². The molecule has 4 amide bonds. The molecule has 2 saturated heterocycles. The summed E-state index contributed by atoms with van der Waals surface area (Å²) in [5.74, 6) is -2.26. The number of urea groups is 1. The highest BCUT2D eigenvalue weighted by Crippen LogP contribution is 1.98. The fraction of sp³-hybridized carbons (Fsp3) is 0.667. The number of morpholine rings is 1. The molecule has 2 aliphatic heterocycles. The van der Waals surface area contributed by atoms with Crippen molar-refractivity contribution < 1.29 is 24.0 Å². The van der Waals surface area contributed by atoms with Crippen molar-refractivity contribution in [1.82, 2.24) is 10.6 Å². The SMILES string of the molecule is O=C1NC(=O)C(C=NCCC[NH+]2CCOCC2)C(=O)N1. The lowest BCUT2D eigenvalue weighted by atomic mass is 10.1. The number of rotatable bonds is 5. The molecule has 0 radical (unpaired) electrons. The third-order valence-electron chi connectivity index (χ3n) is 3.31. The molecule has 0 unspecified atom stereocenters. The molecule has 0 aliphatic carbocycles. The van der Waals surface area contributed by atoms with Gasteiger partial charge in [0, 0.05) is 19.2 Å². The Morgan fingerprint density at radius 2 is 1.85 bits per heavy atom. The number of nitrogens with zero attached hydrogens (tertiary/aromatic N) is 1. The van der Waals surface area contributed by atoms with Crippen molar-refractivity contribution in [2.45, 2.75) is 6.42 Å². The average Bonchev–Trinajstić information content (AvgIpc) is 2.42. The predicted molar refractivity (Wildman–Crippen MR) is 69.5 cm³/mol. The van der Waals surface area contributed by atoms with Crippen LogP contribution in [0.5, 0.6) is 0 Å². The highest BCUT2D eigenvalue weighted by Gasteiger charge is 2.32. The Bertz CT molecular complexity index is 398. The number of carbonyl (C=O) groups is 3. The van der Waals surface area contributed by atoms with Crippen LogP contribution in [-0.4, -0.2) is 63.5 Å². The fourth-order valence-corrected chi connectivity index (χ4v) is 2.18. The number of barbiturate groups is 1. The Morgan fingerprint density at radius 1 is 1.20 bits per heavy atom.